The zero-order chi connectivity index (χ0) is 14.0. The van der Waals surface area contributed by atoms with Gasteiger partial charge in [0.25, 0.3) is 6.36 Å². The summed E-state index contributed by atoms with van der Waals surface area (Å²) < 4.78 is 40.7. The van der Waals surface area contributed by atoms with Gasteiger partial charge in [0, 0.05) is 0 Å². The molecule has 100 valence electrons. The zero-order valence-corrected chi connectivity index (χ0v) is 9.06. The molecule has 1 aromatic heterocycles. The van der Waals surface area contributed by atoms with Crippen molar-refractivity contribution >= 4 is 17.2 Å². The average Bonchev–Trinajstić information content (AvgIpc) is 2.24. The Kier molecular flexibility index (Phi) is 3.79. The number of nitrogens with two attached hydrogens (primary N) is 2. The van der Waals surface area contributed by atoms with Crippen molar-refractivity contribution in [3.05, 3.63) is 15.7 Å². The molecule has 0 amide bonds. The van der Waals surface area contributed by atoms with Crippen molar-refractivity contribution in [3.8, 4) is 5.88 Å². The van der Waals surface area contributed by atoms with Crippen molar-refractivity contribution in [1.29, 1.82) is 0 Å². The van der Waals surface area contributed by atoms with Gasteiger partial charge >= 0.3 is 12.1 Å². The van der Waals surface area contributed by atoms with Crippen molar-refractivity contribution in [3.63, 3.8) is 0 Å². The fourth-order valence-corrected chi connectivity index (χ4v) is 1.18. The molecule has 1 unspecified atom stereocenters. The van der Waals surface area contributed by atoms with Gasteiger partial charge in [-0.25, -0.2) is 8.78 Å². The van der Waals surface area contributed by atoms with Crippen LogP contribution in [0.5, 0.6) is 5.88 Å². The standard InChI is InChI=1S/C8H9F3N4O3/c1-2-3(12)8(18-6(11)5(9)10)14-7(13)4(2)15(16)17/h5-6H,12H2,1H3,(H2,13,14). The van der Waals surface area contributed by atoms with Crippen molar-refractivity contribution in [2.24, 2.45) is 0 Å². The van der Waals surface area contributed by atoms with Gasteiger partial charge in [0.15, 0.2) is 0 Å². The molecule has 0 bridgehead atoms. The molecule has 0 aliphatic carbocycles. The van der Waals surface area contributed by atoms with Gasteiger partial charge in [0.2, 0.25) is 11.7 Å². The van der Waals surface area contributed by atoms with E-state index in [1.165, 1.54) is 6.92 Å². The van der Waals surface area contributed by atoms with Crippen LogP contribution >= 0.6 is 0 Å². The minimum atomic E-state index is -3.40. The molecule has 1 heterocycles. The summed E-state index contributed by atoms with van der Waals surface area (Å²) in [4.78, 5) is 13.1. The van der Waals surface area contributed by atoms with Gasteiger partial charge in [-0.05, 0) is 6.92 Å². The van der Waals surface area contributed by atoms with E-state index in [0.29, 0.717) is 0 Å². The lowest BCUT2D eigenvalue weighted by Gasteiger charge is -2.13. The van der Waals surface area contributed by atoms with Gasteiger partial charge in [-0.3, -0.25) is 10.1 Å². The third kappa shape index (κ3) is 2.52. The number of rotatable bonds is 4. The Morgan fingerprint density at radius 2 is 1.94 bits per heavy atom. The Morgan fingerprint density at radius 1 is 1.39 bits per heavy atom. The zero-order valence-electron chi connectivity index (χ0n) is 9.06. The van der Waals surface area contributed by atoms with Crippen LogP contribution in [0.25, 0.3) is 0 Å². The second kappa shape index (κ2) is 4.94. The number of aromatic nitrogens is 1. The maximum atomic E-state index is 12.7. The monoisotopic (exact) mass is 266 g/mol. The summed E-state index contributed by atoms with van der Waals surface area (Å²) in [6.45, 7) is 1.22. The second-order valence-electron chi connectivity index (χ2n) is 3.25. The van der Waals surface area contributed by atoms with E-state index < -0.39 is 40.8 Å². The molecule has 18 heavy (non-hydrogen) atoms. The third-order valence-electron chi connectivity index (χ3n) is 2.06. The summed E-state index contributed by atoms with van der Waals surface area (Å²) in [5.74, 6) is -1.30. The Balaban J connectivity index is 3.21. The molecule has 10 heteroatoms. The Hall–Kier alpha value is -2.26. The van der Waals surface area contributed by atoms with Crippen LogP contribution in [0.4, 0.5) is 30.4 Å². The number of halogens is 3. The first-order chi connectivity index (χ1) is 8.25. The minimum absolute atomic E-state index is 0.135. The third-order valence-corrected chi connectivity index (χ3v) is 2.06. The van der Waals surface area contributed by atoms with Crippen LogP contribution in [0.15, 0.2) is 0 Å². The maximum absolute atomic E-state index is 12.7. The Labute approximate surface area is 98.7 Å². The summed E-state index contributed by atoms with van der Waals surface area (Å²) >= 11 is 0. The Bertz CT molecular complexity index is 483. The van der Waals surface area contributed by atoms with E-state index >= 15 is 0 Å². The SMILES string of the molecule is Cc1c(N)c(OC(F)C(F)F)nc(N)c1[N+](=O)[O-]. The lowest BCUT2D eigenvalue weighted by Crippen LogP contribution is -2.21. The molecule has 0 aliphatic heterocycles. The highest BCUT2D eigenvalue weighted by Crippen LogP contribution is 2.35. The topological polar surface area (TPSA) is 117 Å². The molecule has 1 aromatic rings. The number of ether oxygens (including phenoxy) is 1. The van der Waals surface area contributed by atoms with E-state index in [4.69, 9.17) is 11.5 Å². The minimum Gasteiger partial charge on any atom is -0.435 e. The number of anilines is 2. The normalized spacial score (nSPS) is 12.5. The number of nitrogens with zero attached hydrogens (tertiary/aromatic N) is 2. The van der Waals surface area contributed by atoms with Gasteiger partial charge in [0.1, 0.15) is 5.69 Å². The van der Waals surface area contributed by atoms with Gasteiger partial charge < -0.3 is 16.2 Å². The van der Waals surface area contributed by atoms with Crippen LogP contribution in [0.2, 0.25) is 0 Å². The van der Waals surface area contributed by atoms with E-state index in [0.717, 1.165) is 0 Å². The quantitative estimate of drug-likeness (QED) is 0.628. The smallest absolute Gasteiger partial charge is 0.316 e. The largest absolute Gasteiger partial charge is 0.435 e. The highest BCUT2D eigenvalue weighted by molar-refractivity contribution is 5.70. The van der Waals surface area contributed by atoms with Crippen molar-refractivity contribution < 1.29 is 22.8 Å². The molecule has 0 spiro atoms. The molecule has 0 fully saturated rings. The summed E-state index contributed by atoms with van der Waals surface area (Å²) in [5, 5.41) is 10.6. The van der Waals surface area contributed by atoms with Crippen LogP contribution in [0.3, 0.4) is 0 Å². The predicted molar refractivity (Wildman–Crippen MR) is 56.0 cm³/mol. The number of hydrogen-bond donors (Lipinski definition) is 2. The molecule has 0 saturated heterocycles. The van der Waals surface area contributed by atoms with E-state index in [2.05, 4.69) is 9.72 Å². The summed E-state index contributed by atoms with van der Waals surface area (Å²) in [7, 11) is 0. The van der Waals surface area contributed by atoms with E-state index in [9.17, 15) is 23.3 Å². The van der Waals surface area contributed by atoms with E-state index in [1.807, 2.05) is 0 Å². The molecule has 1 atom stereocenters. The van der Waals surface area contributed by atoms with Crippen molar-refractivity contribution in [2.75, 3.05) is 11.5 Å². The molecule has 0 aliphatic rings. The molecular weight excluding hydrogens is 257 g/mol. The molecular formula is C8H9F3N4O3. The van der Waals surface area contributed by atoms with Crippen LogP contribution in [-0.2, 0) is 0 Å². The first kappa shape index (κ1) is 13.8. The summed E-state index contributed by atoms with van der Waals surface area (Å²) in [6, 6.07) is 0. The summed E-state index contributed by atoms with van der Waals surface area (Å²) in [6.07, 6.45) is -6.34. The van der Waals surface area contributed by atoms with E-state index in [-0.39, 0.29) is 5.56 Å². The number of nitrogen functional groups attached to an aromatic ring is 2. The number of pyridine rings is 1. The lowest BCUT2D eigenvalue weighted by molar-refractivity contribution is -0.384. The summed E-state index contributed by atoms with van der Waals surface area (Å²) in [5.41, 5.74) is 9.50. The number of alkyl halides is 3. The van der Waals surface area contributed by atoms with Gasteiger partial charge in [-0.15, -0.1) is 0 Å². The fraction of sp³-hybridized carbons (Fsp3) is 0.375. The highest BCUT2D eigenvalue weighted by atomic mass is 19.3. The molecule has 4 N–H and O–H groups in total. The maximum Gasteiger partial charge on any atom is 0.316 e. The van der Waals surface area contributed by atoms with Gasteiger partial charge in [0.05, 0.1) is 10.5 Å². The second-order valence-corrected chi connectivity index (χ2v) is 3.25. The first-order valence-corrected chi connectivity index (χ1v) is 4.54. The Morgan fingerprint density at radius 3 is 2.39 bits per heavy atom. The van der Waals surface area contributed by atoms with Gasteiger partial charge in [-0.2, -0.15) is 9.37 Å². The lowest BCUT2D eigenvalue weighted by atomic mass is 10.2. The molecule has 0 radical (unpaired) electrons. The van der Waals surface area contributed by atoms with E-state index in [1.54, 1.807) is 0 Å². The number of nitro groups is 1. The fourth-order valence-electron chi connectivity index (χ4n) is 1.18. The molecule has 1 rings (SSSR count). The van der Waals surface area contributed by atoms with Crippen LogP contribution < -0.4 is 16.2 Å². The first-order valence-electron chi connectivity index (χ1n) is 4.54. The number of hydrogen-bond acceptors (Lipinski definition) is 6. The van der Waals surface area contributed by atoms with Gasteiger partial charge in [-0.1, -0.05) is 0 Å². The highest BCUT2D eigenvalue weighted by Gasteiger charge is 2.27. The molecule has 0 aromatic carbocycles. The molecule has 7 nitrogen and oxygen atoms in total. The van der Waals surface area contributed by atoms with Crippen molar-refractivity contribution in [1.82, 2.24) is 4.98 Å². The molecule has 0 saturated carbocycles. The predicted octanol–water partition coefficient (Wildman–Crippen LogP) is 1.40. The van der Waals surface area contributed by atoms with Crippen molar-refractivity contribution in [2.45, 2.75) is 19.7 Å². The van der Waals surface area contributed by atoms with Crippen LogP contribution in [0.1, 0.15) is 5.56 Å². The van der Waals surface area contributed by atoms with Crippen LogP contribution in [0, 0.1) is 17.0 Å². The van der Waals surface area contributed by atoms with Crippen LogP contribution in [-0.4, -0.2) is 22.7 Å². The average molecular weight is 266 g/mol.